The molecule has 0 bridgehead atoms. The standard InChI is InChI=1S/C17H13ClF3NO3/c18-13-9-11(16(7-8-16)17(19,20)21)3-6-14(13)25-12-4-1-10(2-5-12)15(23)22-24/h1-6,9,24H,7-8H2,(H,22,23). The number of halogens is 4. The summed E-state index contributed by atoms with van der Waals surface area (Å²) in [6, 6.07) is 9.86. The van der Waals surface area contributed by atoms with Crippen LogP contribution in [0.2, 0.25) is 5.02 Å². The molecule has 0 unspecified atom stereocenters. The molecule has 0 heterocycles. The van der Waals surface area contributed by atoms with Crippen molar-refractivity contribution in [2.45, 2.75) is 24.4 Å². The van der Waals surface area contributed by atoms with E-state index in [0.29, 0.717) is 5.75 Å². The van der Waals surface area contributed by atoms with Gasteiger partial charge in [0.05, 0.1) is 10.4 Å². The van der Waals surface area contributed by atoms with Gasteiger partial charge in [-0.3, -0.25) is 10.0 Å². The highest BCUT2D eigenvalue weighted by Crippen LogP contribution is 2.59. The molecule has 1 aliphatic rings. The number of carbonyl (C=O) groups excluding carboxylic acids is 1. The quantitative estimate of drug-likeness (QED) is 0.597. The average molecular weight is 372 g/mol. The van der Waals surface area contributed by atoms with Gasteiger partial charge in [-0.05, 0) is 54.8 Å². The van der Waals surface area contributed by atoms with Crippen LogP contribution in [0.4, 0.5) is 13.2 Å². The summed E-state index contributed by atoms with van der Waals surface area (Å²) in [5.41, 5.74) is 0.0594. The predicted octanol–water partition coefficient (Wildman–Crippen LogP) is 4.85. The largest absolute Gasteiger partial charge is 0.456 e. The fourth-order valence-corrected chi connectivity index (χ4v) is 2.83. The van der Waals surface area contributed by atoms with E-state index in [-0.39, 0.29) is 34.7 Å². The molecule has 132 valence electrons. The summed E-state index contributed by atoms with van der Waals surface area (Å²) in [5.74, 6) is -0.111. The molecule has 1 fully saturated rings. The molecule has 0 atom stereocenters. The van der Waals surface area contributed by atoms with Gasteiger partial charge in [-0.15, -0.1) is 0 Å². The van der Waals surface area contributed by atoms with Crippen LogP contribution in [-0.2, 0) is 5.41 Å². The Labute approximate surface area is 146 Å². The Balaban J connectivity index is 1.79. The lowest BCUT2D eigenvalue weighted by atomic mass is 9.95. The van der Waals surface area contributed by atoms with Crippen LogP contribution < -0.4 is 10.2 Å². The molecule has 8 heteroatoms. The first-order valence-electron chi connectivity index (χ1n) is 7.36. The van der Waals surface area contributed by atoms with Crippen molar-refractivity contribution in [3.8, 4) is 11.5 Å². The number of benzene rings is 2. The highest BCUT2D eigenvalue weighted by molar-refractivity contribution is 6.32. The zero-order valence-electron chi connectivity index (χ0n) is 12.7. The predicted molar refractivity (Wildman–Crippen MR) is 84.2 cm³/mol. The molecule has 3 rings (SSSR count). The minimum Gasteiger partial charge on any atom is -0.456 e. The van der Waals surface area contributed by atoms with E-state index < -0.39 is 17.5 Å². The first kappa shape index (κ1) is 17.6. The lowest BCUT2D eigenvalue weighted by Gasteiger charge is -2.20. The molecule has 0 radical (unpaired) electrons. The summed E-state index contributed by atoms with van der Waals surface area (Å²) in [6.07, 6.45) is -4.19. The number of nitrogens with one attached hydrogen (secondary N) is 1. The number of alkyl halides is 3. The molecular weight excluding hydrogens is 359 g/mol. The maximum absolute atomic E-state index is 13.2. The first-order valence-corrected chi connectivity index (χ1v) is 7.74. The Hall–Kier alpha value is -2.25. The van der Waals surface area contributed by atoms with Gasteiger partial charge in [-0.25, -0.2) is 5.48 Å². The summed E-state index contributed by atoms with van der Waals surface area (Å²) in [4.78, 5) is 11.2. The van der Waals surface area contributed by atoms with Crippen molar-refractivity contribution in [2.24, 2.45) is 0 Å². The molecule has 2 N–H and O–H groups in total. The van der Waals surface area contributed by atoms with Gasteiger partial charge in [0.15, 0.2) is 0 Å². The molecule has 1 aliphatic carbocycles. The number of amides is 1. The molecule has 0 spiro atoms. The Bertz CT molecular complexity index is 802. The van der Waals surface area contributed by atoms with Gasteiger partial charge in [0.25, 0.3) is 5.91 Å². The third-order valence-corrected chi connectivity index (χ3v) is 4.52. The maximum atomic E-state index is 13.2. The number of hydrogen-bond donors (Lipinski definition) is 2. The molecule has 2 aromatic carbocycles. The van der Waals surface area contributed by atoms with Crippen LogP contribution in [-0.4, -0.2) is 17.3 Å². The highest BCUT2D eigenvalue weighted by atomic mass is 35.5. The molecular formula is C17H13ClF3NO3. The Morgan fingerprint density at radius 1 is 1.16 bits per heavy atom. The summed E-state index contributed by atoms with van der Waals surface area (Å²) in [5, 5.41) is 8.63. The summed E-state index contributed by atoms with van der Waals surface area (Å²) in [6.45, 7) is 0. The van der Waals surface area contributed by atoms with Crippen molar-refractivity contribution in [1.82, 2.24) is 5.48 Å². The summed E-state index contributed by atoms with van der Waals surface area (Å²) < 4.78 is 45.0. The van der Waals surface area contributed by atoms with Crippen LogP contribution in [0.25, 0.3) is 0 Å². The SMILES string of the molecule is O=C(NO)c1ccc(Oc2ccc(C3(C(F)(F)F)CC3)cc2Cl)cc1. The lowest BCUT2D eigenvalue weighted by molar-refractivity contribution is -0.160. The van der Waals surface area contributed by atoms with Crippen molar-refractivity contribution in [1.29, 1.82) is 0 Å². The van der Waals surface area contributed by atoms with Crippen molar-refractivity contribution >= 4 is 17.5 Å². The van der Waals surface area contributed by atoms with Gasteiger partial charge in [0, 0.05) is 5.56 Å². The zero-order chi connectivity index (χ0) is 18.2. The fourth-order valence-electron chi connectivity index (χ4n) is 2.61. The number of hydrogen-bond acceptors (Lipinski definition) is 3. The third-order valence-electron chi connectivity index (χ3n) is 4.22. The van der Waals surface area contributed by atoms with Gasteiger partial charge < -0.3 is 4.74 Å². The Morgan fingerprint density at radius 2 is 1.80 bits per heavy atom. The normalized spacial score (nSPS) is 15.6. The van der Waals surface area contributed by atoms with Gasteiger partial charge in [-0.1, -0.05) is 17.7 Å². The van der Waals surface area contributed by atoms with Crippen molar-refractivity contribution in [3.63, 3.8) is 0 Å². The third kappa shape index (κ3) is 3.29. The van der Waals surface area contributed by atoms with Gasteiger partial charge in [-0.2, -0.15) is 13.2 Å². The van der Waals surface area contributed by atoms with Crippen LogP contribution in [0.3, 0.4) is 0 Å². The second kappa shape index (κ2) is 6.24. The molecule has 1 amide bonds. The van der Waals surface area contributed by atoms with Crippen LogP contribution in [0.5, 0.6) is 11.5 Å². The fraction of sp³-hybridized carbons (Fsp3) is 0.235. The van der Waals surface area contributed by atoms with E-state index in [1.807, 2.05) is 0 Å². The average Bonchev–Trinajstić information content (AvgIpc) is 3.38. The Morgan fingerprint density at radius 3 is 2.28 bits per heavy atom. The molecule has 2 aromatic rings. The van der Waals surface area contributed by atoms with Gasteiger partial charge in [0.2, 0.25) is 0 Å². The van der Waals surface area contributed by atoms with Crippen molar-refractivity contribution < 1.29 is 27.9 Å². The van der Waals surface area contributed by atoms with Crippen LogP contribution in [0, 0.1) is 0 Å². The molecule has 25 heavy (non-hydrogen) atoms. The minimum absolute atomic E-state index is 0.0570. The molecule has 0 aliphatic heterocycles. The number of ether oxygens (including phenoxy) is 1. The van der Waals surface area contributed by atoms with E-state index in [9.17, 15) is 18.0 Å². The van der Waals surface area contributed by atoms with E-state index in [1.54, 1.807) is 0 Å². The van der Waals surface area contributed by atoms with Crippen LogP contribution in [0.1, 0.15) is 28.8 Å². The molecule has 0 aromatic heterocycles. The molecule has 0 saturated heterocycles. The second-order valence-electron chi connectivity index (χ2n) is 5.79. The van der Waals surface area contributed by atoms with Gasteiger partial charge in [0.1, 0.15) is 11.5 Å². The highest BCUT2D eigenvalue weighted by Gasteiger charge is 2.64. The monoisotopic (exact) mass is 371 g/mol. The van der Waals surface area contributed by atoms with E-state index in [2.05, 4.69) is 0 Å². The van der Waals surface area contributed by atoms with E-state index >= 15 is 0 Å². The first-order chi connectivity index (χ1) is 11.8. The topological polar surface area (TPSA) is 58.6 Å². The van der Waals surface area contributed by atoms with Gasteiger partial charge >= 0.3 is 6.18 Å². The van der Waals surface area contributed by atoms with E-state index in [0.717, 1.165) is 0 Å². The molecule has 1 saturated carbocycles. The zero-order valence-corrected chi connectivity index (χ0v) is 13.5. The smallest absolute Gasteiger partial charge is 0.398 e. The van der Waals surface area contributed by atoms with Crippen LogP contribution in [0.15, 0.2) is 42.5 Å². The minimum atomic E-state index is -4.30. The summed E-state index contributed by atoms with van der Waals surface area (Å²) >= 11 is 6.08. The van der Waals surface area contributed by atoms with Crippen molar-refractivity contribution in [2.75, 3.05) is 0 Å². The summed E-state index contributed by atoms with van der Waals surface area (Å²) in [7, 11) is 0. The number of carbonyl (C=O) groups is 1. The van der Waals surface area contributed by atoms with E-state index in [1.165, 1.54) is 47.9 Å². The Kier molecular flexibility index (Phi) is 4.38. The van der Waals surface area contributed by atoms with Crippen LogP contribution >= 0.6 is 11.6 Å². The lowest BCUT2D eigenvalue weighted by Crippen LogP contribution is -2.28. The second-order valence-corrected chi connectivity index (χ2v) is 6.20. The van der Waals surface area contributed by atoms with E-state index in [4.69, 9.17) is 21.5 Å². The molecule has 4 nitrogen and oxygen atoms in total. The number of rotatable bonds is 4. The van der Waals surface area contributed by atoms with Crippen molar-refractivity contribution in [3.05, 3.63) is 58.6 Å². The number of hydroxylamine groups is 1. The maximum Gasteiger partial charge on any atom is 0.398 e.